The molecule has 10 nitrogen and oxygen atoms in total. The molecule has 0 saturated heterocycles. The zero-order chi connectivity index (χ0) is 29.3. The summed E-state index contributed by atoms with van der Waals surface area (Å²) in [5.41, 5.74) is 2.51. The Morgan fingerprint density at radius 1 is 1.07 bits per heavy atom. The number of aryl methyl sites for hydroxylation is 2. The molecule has 0 bridgehead atoms. The van der Waals surface area contributed by atoms with Crippen LogP contribution in [-0.2, 0) is 23.0 Å². The summed E-state index contributed by atoms with van der Waals surface area (Å²) >= 11 is 1.26. The second-order valence-corrected chi connectivity index (χ2v) is 12.3. The van der Waals surface area contributed by atoms with Gasteiger partial charge in [0.2, 0.25) is 5.95 Å². The van der Waals surface area contributed by atoms with Crippen molar-refractivity contribution in [1.29, 1.82) is 0 Å². The molecule has 1 amide bonds. The van der Waals surface area contributed by atoms with Gasteiger partial charge in [0.25, 0.3) is 15.9 Å². The Kier molecular flexibility index (Phi) is 7.27. The second kappa shape index (κ2) is 11.2. The van der Waals surface area contributed by atoms with Gasteiger partial charge in [0.15, 0.2) is 12.2 Å². The van der Waals surface area contributed by atoms with E-state index in [9.17, 15) is 17.6 Å². The van der Waals surface area contributed by atoms with Gasteiger partial charge in [-0.15, -0.1) is 11.3 Å². The molecule has 2 aromatic carbocycles. The summed E-state index contributed by atoms with van der Waals surface area (Å²) in [4.78, 5) is 27.1. The van der Waals surface area contributed by atoms with Crippen molar-refractivity contribution >= 4 is 49.9 Å². The first-order valence-electron chi connectivity index (χ1n) is 12.7. The minimum absolute atomic E-state index is 0.166. The molecular formula is C29H23FN6O4S2. The average molecular weight is 603 g/mol. The van der Waals surface area contributed by atoms with Gasteiger partial charge >= 0.3 is 0 Å². The number of nitrogens with one attached hydrogen (secondary N) is 1. The molecule has 0 aliphatic rings. The Balaban J connectivity index is 1.34. The summed E-state index contributed by atoms with van der Waals surface area (Å²) in [6, 6.07) is 17.2. The first kappa shape index (κ1) is 27.3. The van der Waals surface area contributed by atoms with Crippen molar-refractivity contribution in [3.05, 3.63) is 108 Å². The topological polar surface area (TPSA) is 123 Å². The van der Waals surface area contributed by atoms with Crippen LogP contribution in [0.25, 0.3) is 21.7 Å². The van der Waals surface area contributed by atoms with Crippen molar-refractivity contribution in [1.82, 2.24) is 19.5 Å². The number of thiophene rings is 1. The largest absolute Gasteiger partial charge is 0.443 e. The summed E-state index contributed by atoms with van der Waals surface area (Å²) in [6.45, 7) is 0.475. The zero-order valence-corrected chi connectivity index (χ0v) is 23.8. The van der Waals surface area contributed by atoms with E-state index in [1.807, 2.05) is 16.7 Å². The number of benzene rings is 2. The van der Waals surface area contributed by atoms with Gasteiger partial charge in [0.05, 0.1) is 37.6 Å². The molecule has 4 heterocycles. The van der Waals surface area contributed by atoms with Crippen LogP contribution in [0.5, 0.6) is 0 Å². The number of pyridine rings is 1. The van der Waals surface area contributed by atoms with Gasteiger partial charge in [0, 0.05) is 26.0 Å². The van der Waals surface area contributed by atoms with Crippen LogP contribution in [0.1, 0.15) is 15.2 Å². The van der Waals surface area contributed by atoms with Gasteiger partial charge in [0.1, 0.15) is 5.82 Å². The van der Waals surface area contributed by atoms with E-state index in [1.165, 1.54) is 43.0 Å². The number of imidazole rings is 1. The Morgan fingerprint density at radius 3 is 2.71 bits per heavy atom. The number of oxazole rings is 1. The summed E-state index contributed by atoms with van der Waals surface area (Å²) < 4.78 is 48.5. The van der Waals surface area contributed by atoms with Gasteiger partial charge in [-0.1, -0.05) is 12.1 Å². The molecule has 0 aliphatic heterocycles. The molecule has 0 spiro atoms. The highest BCUT2D eigenvalue weighted by Gasteiger charge is 2.23. The number of anilines is 2. The van der Waals surface area contributed by atoms with Crippen LogP contribution < -0.4 is 9.62 Å². The van der Waals surface area contributed by atoms with Crippen molar-refractivity contribution in [2.24, 2.45) is 0 Å². The predicted molar refractivity (Wildman–Crippen MR) is 157 cm³/mol. The lowest BCUT2D eigenvalue weighted by molar-refractivity contribution is 0.102. The third kappa shape index (κ3) is 5.39. The average Bonchev–Trinajstić information content (AvgIpc) is 3.76. The van der Waals surface area contributed by atoms with E-state index in [0.29, 0.717) is 46.3 Å². The Hall–Kier alpha value is -4.88. The standard InChI is InChI=1S/C29H23FN6O4S2/c1-35(42(38,39)22-6-2-5-20(30)14-22)21-7-8-24-23(15-21)33-29(36(24)13-11-19-4-3-12-31-16-19)34-28(37)27-10-9-26(41-27)25-17-32-18-40-25/h2-10,12,14-18H,11,13H2,1H3,(H,33,34,37). The molecule has 0 fully saturated rings. The van der Waals surface area contributed by atoms with Crippen molar-refractivity contribution < 1.29 is 22.0 Å². The SMILES string of the molecule is CN(c1ccc2c(c1)nc(NC(=O)c1ccc(-c3cnco3)s1)n2CCc1cccnc1)S(=O)(=O)c1cccc(F)c1. The van der Waals surface area contributed by atoms with E-state index >= 15 is 0 Å². The maximum atomic E-state index is 13.8. The van der Waals surface area contributed by atoms with E-state index in [2.05, 4.69) is 20.3 Å². The van der Waals surface area contributed by atoms with E-state index in [-0.39, 0.29) is 10.8 Å². The monoisotopic (exact) mass is 602 g/mol. The molecule has 0 radical (unpaired) electrons. The summed E-state index contributed by atoms with van der Waals surface area (Å²) in [6.07, 6.45) is 7.00. The van der Waals surface area contributed by atoms with Crippen molar-refractivity contribution in [2.75, 3.05) is 16.7 Å². The molecule has 13 heteroatoms. The van der Waals surface area contributed by atoms with Gasteiger partial charge in [-0.3, -0.25) is 19.4 Å². The molecule has 6 rings (SSSR count). The highest BCUT2D eigenvalue weighted by molar-refractivity contribution is 7.92. The third-order valence-electron chi connectivity index (χ3n) is 6.63. The summed E-state index contributed by atoms with van der Waals surface area (Å²) in [5.74, 6) is -0.130. The number of hydrogen-bond acceptors (Lipinski definition) is 8. The predicted octanol–water partition coefficient (Wildman–Crippen LogP) is 5.61. The molecular weight excluding hydrogens is 579 g/mol. The number of amides is 1. The van der Waals surface area contributed by atoms with Crippen LogP contribution in [0, 0.1) is 5.82 Å². The molecule has 212 valence electrons. The van der Waals surface area contributed by atoms with Crippen molar-refractivity contribution in [2.45, 2.75) is 17.9 Å². The number of halogens is 1. The number of nitrogens with zero attached hydrogens (tertiary/aromatic N) is 5. The Labute approximate surface area is 244 Å². The molecule has 1 N–H and O–H groups in total. The minimum Gasteiger partial charge on any atom is -0.443 e. The van der Waals surface area contributed by atoms with Gasteiger partial charge in [-0.25, -0.2) is 22.8 Å². The molecule has 42 heavy (non-hydrogen) atoms. The quantitative estimate of drug-likeness (QED) is 0.228. The number of sulfonamides is 1. The van der Waals surface area contributed by atoms with Crippen LogP contribution in [0.2, 0.25) is 0 Å². The molecule has 0 unspecified atom stereocenters. The second-order valence-electron chi connectivity index (χ2n) is 9.28. The lowest BCUT2D eigenvalue weighted by atomic mass is 10.2. The fourth-order valence-electron chi connectivity index (χ4n) is 4.44. The number of carbonyl (C=O) groups is 1. The Bertz CT molecular complexity index is 1990. The number of aromatic nitrogens is 4. The maximum absolute atomic E-state index is 13.8. The smallest absolute Gasteiger partial charge is 0.268 e. The van der Waals surface area contributed by atoms with Crippen LogP contribution in [-0.4, -0.2) is 40.9 Å². The van der Waals surface area contributed by atoms with Crippen molar-refractivity contribution in [3.8, 4) is 10.6 Å². The van der Waals surface area contributed by atoms with Gasteiger partial charge < -0.3 is 8.98 Å². The number of hydrogen-bond donors (Lipinski definition) is 1. The first-order valence-corrected chi connectivity index (χ1v) is 15.0. The fourth-order valence-corrected chi connectivity index (χ4v) is 6.51. The number of fused-ring (bicyclic) bond motifs is 1. The summed E-state index contributed by atoms with van der Waals surface area (Å²) in [5, 5.41) is 2.91. The summed E-state index contributed by atoms with van der Waals surface area (Å²) in [7, 11) is -2.64. The van der Waals surface area contributed by atoms with Crippen LogP contribution in [0.4, 0.5) is 16.0 Å². The third-order valence-corrected chi connectivity index (χ3v) is 9.51. The highest BCUT2D eigenvalue weighted by atomic mass is 32.2. The lowest BCUT2D eigenvalue weighted by Gasteiger charge is -2.19. The normalized spacial score (nSPS) is 11.6. The van der Waals surface area contributed by atoms with Crippen LogP contribution in [0.15, 0.2) is 101 Å². The molecule has 0 aliphatic carbocycles. The maximum Gasteiger partial charge on any atom is 0.268 e. The minimum atomic E-state index is -4.03. The Morgan fingerprint density at radius 2 is 1.95 bits per heavy atom. The number of rotatable bonds is 9. The molecule has 0 saturated carbocycles. The van der Waals surface area contributed by atoms with Crippen molar-refractivity contribution in [3.63, 3.8) is 0 Å². The molecule has 4 aromatic heterocycles. The van der Waals surface area contributed by atoms with Crippen LogP contribution in [0.3, 0.4) is 0 Å². The van der Waals surface area contributed by atoms with Crippen LogP contribution >= 0.6 is 11.3 Å². The molecule has 0 atom stereocenters. The zero-order valence-electron chi connectivity index (χ0n) is 22.1. The van der Waals surface area contributed by atoms with E-state index in [1.54, 1.807) is 48.9 Å². The number of carbonyl (C=O) groups excluding carboxylic acids is 1. The van der Waals surface area contributed by atoms with E-state index in [0.717, 1.165) is 20.8 Å². The van der Waals surface area contributed by atoms with E-state index < -0.39 is 15.8 Å². The van der Waals surface area contributed by atoms with Gasteiger partial charge in [-0.2, -0.15) is 0 Å². The van der Waals surface area contributed by atoms with Gasteiger partial charge in [-0.05, 0) is 66.6 Å². The highest BCUT2D eigenvalue weighted by Crippen LogP contribution is 2.31. The fraction of sp³-hybridized carbons (Fsp3) is 0.103. The molecule has 6 aromatic rings. The van der Waals surface area contributed by atoms with E-state index in [4.69, 9.17) is 4.42 Å². The first-order chi connectivity index (χ1) is 20.3. The lowest BCUT2D eigenvalue weighted by Crippen LogP contribution is -2.26.